The highest BCUT2D eigenvalue weighted by molar-refractivity contribution is 5.96. The Balaban J connectivity index is 1.63. The standard InChI is InChI=1S/C20H24N2O6/c1-3-27-20(25)17-6-4-5-9-22(17)18(23)12-28-19(24)16-10-13-7-8-14(26-2)11-15(13)21-16/h7-8,10-11,17,21H,3-6,9,12H2,1-2H3. The first-order valence-electron chi connectivity index (χ1n) is 9.33. The number of rotatable bonds is 6. The maximum Gasteiger partial charge on any atom is 0.355 e. The molecule has 1 fully saturated rings. The molecule has 28 heavy (non-hydrogen) atoms. The molecule has 0 spiro atoms. The Bertz CT molecular complexity index is 875. The number of carbonyl (C=O) groups excluding carboxylic acids is 3. The van der Waals surface area contributed by atoms with E-state index < -0.39 is 30.5 Å². The van der Waals surface area contributed by atoms with Gasteiger partial charge in [0, 0.05) is 23.5 Å². The van der Waals surface area contributed by atoms with Crippen molar-refractivity contribution in [3.63, 3.8) is 0 Å². The van der Waals surface area contributed by atoms with Crippen LogP contribution in [-0.4, -0.2) is 60.6 Å². The second-order valence-electron chi connectivity index (χ2n) is 6.56. The Kier molecular flexibility index (Phi) is 6.18. The van der Waals surface area contributed by atoms with E-state index >= 15 is 0 Å². The van der Waals surface area contributed by atoms with E-state index in [-0.39, 0.29) is 12.3 Å². The van der Waals surface area contributed by atoms with Crippen LogP contribution in [-0.2, 0) is 19.1 Å². The minimum Gasteiger partial charge on any atom is -0.497 e. The Hall–Kier alpha value is -3.03. The fraction of sp³-hybridized carbons (Fsp3) is 0.450. The number of methoxy groups -OCH3 is 1. The summed E-state index contributed by atoms with van der Waals surface area (Å²) >= 11 is 0. The molecule has 1 amide bonds. The van der Waals surface area contributed by atoms with Gasteiger partial charge in [-0.1, -0.05) is 0 Å². The van der Waals surface area contributed by atoms with Crippen molar-refractivity contribution >= 4 is 28.7 Å². The average molecular weight is 388 g/mol. The number of ether oxygens (including phenoxy) is 3. The molecule has 0 aliphatic carbocycles. The van der Waals surface area contributed by atoms with E-state index in [2.05, 4.69) is 4.98 Å². The van der Waals surface area contributed by atoms with Crippen molar-refractivity contribution in [2.45, 2.75) is 32.2 Å². The molecule has 8 nitrogen and oxygen atoms in total. The predicted molar refractivity (Wildman–Crippen MR) is 101 cm³/mol. The van der Waals surface area contributed by atoms with Crippen molar-refractivity contribution in [3.8, 4) is 5.75 Å². The van der Waals surface area contributed by atoms with E-state index in [0.29, 0.717) is 18.7 Å². The largest absolute Gasteiger partial charge is 0.497 e. The highest BCUT2D eigenvalue weighted by Crippen LogP contribution is 2.22. The van der Waals surface area contributed by atoms with Crippen LogP contribution in [0.2, 0.25) is 0 Å². The number of hydrogen-bond acceptors (Lipinski definition) is 6. The summed E-state index contributed by atoms with van der Waals surface area (Å²) in [4.78, 5) is 41.3. The lowest BCUT2D eigenvalue weighted by Crippen LogP contribution is -2.50. The van der Waals surface area contributed by atoms with Crippen molar-refractivity contribution < 1.29 is 28.6 Å². The molecule has 2 aromatic rings. The lowest BCUT2D eigenvalue weighted by molar-refractivity contribution is -0.157. The Morgan fingerprint density at radius 3 is 2.75 bits per heavy atom. The highest BCUT2D eigenvalue weighted by atomic mass is 16.5. The number of H-pyrrole nitrogens is 1. The normalized spacial score (nSPS) is 16.6. The van der Waals surface area contributed by atoms with Gasteiger partial charge in [0.2, 0.25) is 0 Å². The maximum atomic E-state index is 12.5. The second-order valence-corrected chi connectivity index (χ2v) is 6.56. The fourth-order valence-electron chi connectivity index (χ4n) is 3.34. The minimum atomic E-state index is -0.631. The van der Waals surface area contributed by atoms with Gasteiger partial charge in [0.05, 0.1) is 13.7 Å². The number of piperidine rings is 1. The highest BCUT2D eigenvalue weighted by Gasteiger charge is 2.33. The van der Waals surface area contributed by atoms with E-state index in [1.54, 1.807) is 32.2 Å². The molecule has 2 heterocycles. The van der Waals surface area contributed by atoms with Crippen molar-refractivity contribution in [2.75, 3.05) is 26.9 Å². The molecule has 1 aliphatic heterocycles. The monoisotopic (exact) mass is 388 g/mol. The molecule has 150 valence electrons. The summed E-state index contributed by atoms with van der Waals surface area (Å²) < 4.78 is 15.4. The molecule has 1 aromatic carbocycles. The summed E-state index contributed by atoms with van der Waals surface area (Å²) in [5.41, 5.74) is 0.979. The lowest BCUT2D eigenvalue weighted by Gasteiger charge is -2.33. The Morgan fingerprint density at radius 1 is 1.18 bits per heavy atom. The molecule has 3 rings (SSSR count). The number of amides is 1. The molecular formula is C20H24N2O6. The number of carbonyl (C=O) groups is 3. The quantitative estimate of drug-likeness (QED) is 0.763. The molecule has 8 heteroatoms. The Morgan fingerprint density at radius 2 is 2.00 bits per heavy atom. The number of benzene rings is 1. The van der Waals surface area contributed by atoms with Crippen LogP contribution in [0.3, 0.4) is 0 Å². The third kappa shape index (κ3) is 4.27. The van der Waals surface area contributed by atoms with Crippen LogP contribution in [0.4, 0.5) is 0 Å². The molecular weight excluding hydrogens is 364 g/mol. The number of likely N-dealkylation sites (tertiary alicyclic amines) is 1. The van der Waals surface area contributed by atoms with E-state index in [0.717, 1.165) is 23.7 Å². The van der Waals surface area contributed by atoms with Gasteiger partial charge in [-0.25, -0.2) is 9.59 Å². The van der Waals surface area contributed by atoms with Gasteiger partial charge in [-0.3, -0.25) is 4.79 Å². The Labute approximate surface area is 162 Å². The molecule has 1 aliphatic rings. The van der Waals surface area contributed by atoms with Gasteiger partial charge in [-0.2, -0.15) is 0 Å². The zero-order valence-corrected chi connectivity index (χ0v) is 16.0. The maximum absolute atomic E-state index is 12.5. The van der Waals surface area contributed by atoms with E-state index in [9.17, 15) is 14.4 Å². The SMILES string of the molecule is CCOC(=O)C1CCCCN1C(=O)COC(=O)c1cc2ccc(OC)cc2[nH]1. The van der Waals surface area contributed by atoms with Crippen LogP contribution in [0.25, 0.3) is 10.9 Å². The molecule has 1 atom stereocenters. The second kappa shape index (κ2) is 8.77. The first-order valence-corrected chi connectivity index (χ1v) is 9.33. The van der Waals surface area contributed by atoms with Gasteiger partial charge in [-0.15, -0.1) is 0 Å². The van der Waals surface area contributed by atoms with Crippen LogP contribution in [0.1, 0.15) is 36.7 Å². The number of aromatic amines is 1. The lowest BCUT2D eigenvalue weighted by atomic mass is 10.0. The predicted octanol–water partition coefficient (Wildman–Crippen LogP) is 2.28. The van der Waals surface area contributed by atoms with Gasteiger partial charge in [-0.05, 0) is 44.4 Å². The van der Waals surface area contributed by atoms with Gasteiger partial charge < -0.3 is 24.1 Å². The van der Waals surface area contributed by atoms with Crippen molar-refractivity contribution in [1.82, 2.24) is 9.88 Å². The van der Waals surface area contributed by atoms with Crippen LogP contribution < -0.4 is 4.74 Å². The fourth-order valence-corrected chi connectivity index (χ4v) is 3.34. The number of fused-ring (bicyclic) bond motifs is 1. The summed E-state index contributed by atoms with van der Waals surface area (Å²) in [5, 5.41) is 0.831. The first-order chi connectivity index (χ1) is 13.5. The van der Waals surface area contributed by atoms with Gasteiger partial charge in [0.1, 0.15) is 17.5 Å². The molecule has 1 unspecified atom stereocenters. The topological polar surface area (TPSA) is 97.9 Å². The average Bonchev–Trinajstić information content (AvgIpc) is 3.15. The summed E-state index contributed by atoms with van der Waals surface area (Å²) in [6, 6.07) is 6.43. The third-order valence-electron chi connectivity index (χ3n) is 4.76. The van der Waals surface area contributed by atoms with Gasteiger partial charge in [0.15, 0.2) is 6.61 Å². The van der Waals surface area contributed by atoms with Crippen molar-refractivity contribution in [3.05, 3.63) is 30.0 Å². The third-order valence-corrected chi connectivity index (χ3v) is 4.76. The number of esters is 2. The first kappa shape index (κ1) is 19.7. The van der Waals surface area contributed by atoms with Crippen LogP contribution in [0, 0.1) is 0 Å². The minimum absolute atomic E-state index is 0.247. The summed E-state index contributed by atoms with van der Waals surface area (Å²) in [5.74, 6) is -0.775. The summed E-state index contributed by atoms with van der Waals surface area (Å²) in [6.45, 7) is 2.02. The zero-order valence-electron chi connectivity index (χ0n) is 16.0. The molecule has 0 radical (unpaired) electrons. The summed E-state index contributed by atoms with van der Waals surface area (Å²) in [6.07, 6.45) is 2.22. The zero-order chi connectivity index (χ0) is 20.1. The molecule has 1 saturated heterocycles. The smallest absolute Gasteiger partial charge is 0.355 e. The van der Waals surface area contributed by atoms with Gasteiger partial charge >= 0.3 is 11.9 Å². The number of aromatic nitrogens is 1. The molecule has 1 N–H and O–H groups in total. The van der Waals surface area contributed by atoms with Crippen LogP contribution in [0.5, 0.6) is 5.75 Å². The van der Waals surface area contributed by atoms with Crippen LogP contribution >= 0.6 is 0 Å². The van der Waals surface area contributed by atoms with Gasteiger partial charge in [0.25, 0.3) is 5.91 Å². The molecule has 1 aromatic heterocycles. The van der Waals surface area contributed by atoms with E-state index in [4.69, 9.17) is 14.2 Å². The van der Waals surface area contributed by atoms with E-state index in [1.807, 2.05) is 6.07 Å². The molecule has 0 saturated carbocycles. The number of nitrogens with one attached hydrogen (secondary N) is 1. The summed E-state index contributed by atoms with van der Waals surface area (Å²) in [7, 11) is 1.56. The van der Waals surface area contributed by atoms with Crippen molar-refractivity contribution in [2.24, 2.45) is 0 Å². The number of hydrogen-bond donors (Lipinski definition) is 1. The van der Waals surface area contributed by atoms with E-state index in [1.165, 1.54) is 4.90 Å². The van der Waals surface area contributed by atoms with Crippen LogP contribution in [0.15, 0.2) is 24.3 Å². The van der Waals surface area contributed by atoms with Crippen molar-refractivity contribution in [1.29, 1.82) is 0 Å². The number of nitrogens with zero attached hydrogens (tertiary/aromatic N) is 1. The molecule has 0 bridgehead atoms.